The number of nitrogens with zero attached hydrogens (tertiary/aromatic N) is 4. The average molecular weight is 359 g/mol. The van der Waals surface area contributed by atoms with E-state index in [-0.39, 0.29) is 11.9 Å². The van der Waals surface area contributed by atoms with Gasteiger partial charge in [0.05, 0.1) is 16.7 Å². The summed E-state index contributed by atoms with van der Waals surface area (Å²) in [5.74, 6) is 1.89. The molecule has 1 aliphatic heterocycles. The Bertz CT molecular complexity index is 1050. The lowest BCUT2D eigenvalue weighted by molar-refractivity contribution is 0.229. The molecule has 1 aliphatic carbocycles. The summed E-state index contributed by atoms with van der Waals surface area (Å²) < 4.78 is 0. The Hall–Kier alpha value is -3.22. The summed E-state index contributed by atoms with van der Waals surface area (Å²) in [5, 5.41) is 14.5. The first-order valence-corrected chi connectivity index (χ1v) is 9.17. The van der Waals surface area contributed by atoms with Crippen LogP contribution in [0.2, 0.25) is 0 Å². The Morgan fingerprint density at radius 1 is 1.30 bits per heavy atom. The van der Waals surface area contributed by atoms with Crippen molar-refractivity contribution in [1.29, 1.82) is 5.41 Å². The average Bonchev–Trinajstić information content (AvgIpc) is 3.33. The number of pyridine rings is 1. The summed E-state index contributed by atoms with van der Waals surface area (Å²) in [6.45, 7) is 0. The first-order chi connectivity index (χ1) is 13.1. The van der Waals surface area contributed by atoms with Gasteiger partial charge in [0, 0.05) is 36.5 Å². The molecule has 0 bridgehead atoms. The summed E-state index contributed by atoms with van der Waals surface area (Å²) >= 11 is 0. The highest BCUT2D eigenvalue weighted by molar-refractivity contribution is 6.03. The summed E-state index contributed by atoms with van der Waals surface area (Å²) in [7, 11) is 2.01. The van der Waals surface area contributed by atoms with Crippen LogP contribution in [-0.4, -0.2) is 38.6 Å². The zero-order valence-corrected chi connectivity index (χ0v) is 15.1. The molecule has 1 fully saturated rings. The molecule has 7 heteroatoms. The number of hydrogen-bond acceptors (Lipinski definition) is 5. The fourth-order valence-corrected chi connectivity index (χ4v) is 4.07. The molecule has 3 aromatic rings. The Labute approximate surface area is 156 Å². The molecule has 3 heterocycles. The standard InChI is InChI=1S/C20H21N7/c1-27-18(20-24-14-7-6-12(19(21)22)9-15(14)25-20)16(11-4-5-11)17(26-27)13-3-2-8-23-10-13/h2-3,6-11,16,18H,4-5H2,1H3,(H3,21,22)(H,24,25). The Morgan fingerprint density at radius 3 is 2.85 bits per heavy atom. The number of imidazole rings is 1. The maximum atomic E-state index is 7.65. The minimum Gasteiger partial charge on any atom is -0.384 e. The van der Waals surface area contributed by atoms with Gasteiger partial charge in [-0.3, -0.25) is 15.4 Å². The van der Waals surface area contributed by atoms with Gasteiger partial charge in [0.25, 0.3) is 0 Å². The third-order valence-electron chi connectivity index (χ3n) is 5.50. The second kappa shape index (κ2) is 5.90. The SMILES string of the molecule is CN1N=C(c2cccnc2)C(C2CC2)C1c1nc2ccc(C(=N)N)cc2[nH]1. The fraction of sp³-hybridized carbons (Fsp3) is 0.300. The van der Waals surface area contributed by atoms with Crippen molar-refractivity contribution in [2.24, 2.45) is 22.7 Å². The second-order valence-corrected chi connectivity index (χ2v) is 7.38. The Kier molecular flexibility index (Phi) is 3.50. The number of hydrazone groups is 1. The van der Waals surface area contributed by atoms with E-state index in [1.807, 2.05) is 42.5 Å². The largest absolute Gasteiger partial charge is 0.384 e. The predicted octanol–water partition coefficient (Wildman–Crippen LogP) is 2.66. The number of nitrogens with two attached hydrogens (primary N) is 1. The van der Waals surface area contributed by atoms with Gasteiger partial charge in [-0.1, -0.05) is 0 Å². The summed E-state index contributed by atoms with van der Waals surface area (Å²) in [6, 6.07) is 9.74. The van der Waals surface area contributed by atoms with Gasteiger partial charge in [0.15, 0.2) is 0 Å². The number of H-pyrrole nitrogens is 1. The third kappa shape index (κ3) is 2.66. The zero-order chi connectivity index (χ0) is 18.5. The molecule has 4 N–H and O–H groups in total. The zero-order valence-electron chi connectivity index (χ0n) is 15.1. The first kappa shape index (κ1) is 16.0. The van der Waals surface area contributed by atoms with E-state index in [2.05, 4.69) is 16.0 Å². The number of aromatic amines is 1. The predicted molar refractivity (Wildman–Crippen MR) is 105 cm³/mol. The van der Waals surface area contributed by atoms with Gasteiger partial charge < -0.3 is 10.7 Å². The summed E-state index contributed by atoms with van der Waals surface area (Å²) in [4.78, 5) is 12.6. The molecule has 27 heavy (non-hydrogen) atoms. The van der Waals surface area contributed by atoms with Crippen LogP contribution in [0.5, 0.6) is 0 Å². The van der Waals surface area contributed by atoms with E-state index in [9.17, 15) is 0 Å². The first-order valence-electron chi connectivity index (χ1n) is 9.17. The number of fused-ring (bicyclic) bond motifs is 1. The van der Waals surface area contributed by atoms with Crippen LogP contribution in [0.1, 0.15) is 35.8 Å². The van der Waals surface area contributed by atoms with E-state index < -0.39 is 0 Å². The highest BCUT2D eigenvalue weighted by Gasteiger charge is 2.47. The van der Waals surface area contributed by atoms with Crippen LogP contribution in [0.3, 0.4) is 0 Å². The second-order valence-electron chi connectivity index (χ2n) is 7.38. The van der Waals surface area contributed by atoms with Gasteiger partial charge in [0.2, 0.25) is 0 Å². The van der Waals surface area contributed by atoms with Crippen molar-refractivity contribution in [2.75, 3.05) is 7.05 Å². The van der Waals surface area contributed by atoms with Crippen molar-refractivity contribution in [2.45, 2.75) is 18.9 Å². The van der Waals surface area contributed by atoms with Crippen molar-refractivity contribution in [3.8, 4) is 0 Å². The van der Waals surface area contributed by atoms with Crippen LogP contribution in [0.4, 0.5) is 0 Å². The molecule has 2 unspecified atom stereocenters. The maximum absolute atomic E-state index is 7.65. The van der Waals surface area contributed by atoms with Crippen molar-refractivity contribution >= 4 is 22.6 Å². The molecule has 1 saturated carbocycles. The lowest BCUT2D eigenvalue weighted by Gasteiger charge is -2.23. The monoisotopic (exact) mass is 359 g/mol. The molecule has 7 nitrogen and oxygen atoms in total. The molecule has 0 saturated heterocycles. The number of nitrogens with one attached hydrogen (secondary N) is 2. The van der Waals surface area contributed by atoms with E-state index in [4.69, 9.17) is 21.2 Å². The van der Waals surface area contributed by atoms with Gasteiger partial charge in [-0.25, -0.2) is 4.98 Å². The summed E-state index contributed by atoms with van der Waals surface area (Å²) in [5.41, 5.74) is 10.3. The fourth-order valence-electron chi connectivity index (χ4n) is 4.07. The quantitative estimate of drug-likeness (QED) is 0.492. The molecule has 136 valence electrons. The highest BCUT2D eigenvalue weighted by atomic mass is 15.5. The lowest BCUT2D eigenvalue weighted by atomic mass is 9.87. The van der Waals surface area contributed by atoms with Crippen molar-refractivity contribution in [3.05, 3.63) is 59.7 Å². The molecular weight excluding hydrogens is 338 g/mol. The smallest absolute Gasteiger partial charge is 0.132 e. The minimum absolute atomic E-state index is 0.0593. The topological polar surface area (TPSA) is 107 Å². The molecule has 1 aromatic carbocycles. The summed E-state index contributed by atoms with van der Waals surface area (Å²) in [6.07, 6.45) is 6.13. The van der Waals surface area contributed by atoms with Crippen LogP contribution in [0, 0.1) is 17.2 Å². The van der Waals surface area contributed by atoms with Gasteiger partial charge in [0.1, 0.15) is 17.7 Å². The number of hydrogen-bond donors (Lipinski definition) is 3. The molecule has 0 amide bonds. The highest BCUT2D eigenvalue weighted by Crippen LogP contribution is 2.49. The minimum atomic E-state index is 0.0593. The van der Waals surface area contributed by atoms with Crippen molar-refractivity contribution < 1.29 is 0 Å². The van der Waals surface area contributed by atoms with Crippen molar-refractivity contribution in [3.63, 3.8) is 0 Å². The van der Waals surface area contributed by atoms with E-state index >= 15 is 0 Å². The molecular formula is C20H21N7. The van der Waals surface area contributed by atoms with Gasteiger partial charge >= 0.3 is 0 Å². The molecule has 0 radical (unpaired) electrons. The van der Waals surface area contributed by atoms with E-state index in [0.717, 1.165) is 28.1 Å². The molecule has 0 spiro atoms. The lowest BCUT2D eigenvalue weighted by Crippen LogP contribution is -2.26. The number of amidine groups is 1. The van der Waals surface area contributed by atoms with Gasteiger partial charge in [-0.05, 0) is 49.1 Å². The van der Waals surface area contributed by atoms with Crippen LogP contribution >= 0.6 is 0 Å². The normalized spacial score (nSPS) is 22.3. The number of rotatable bonds is 4. The van der Waals surface area contributed by atoms with Crippen LogP contribution in [-0.2, 0) is 0 Å². The maximum Gasteiger partial charge on any atom is 0.132 e. The number of aromatic nitrogens is 3. The molecule has 2 aliphatic rings. The number of benzene rings is 1. The van der Waals surface area contributed by atoms with Gasteiger partial charge in [-0.15, -0.1) is 0 Å². The number of nitrogen functional groups attached to an aromatic ring is 1. The van der Waals surface area contributed by atoms with Crippen LogP contribution in [0.15, 0.2) is 47.8 Å². The van der Waals surface area contributed by atoms with Crippen LogP contribution in [0.25, 0.3) is 11.0 Å². The molecule has 2 aromatic heterocycles. The van der Waals surface area contributed by atoms with E-state index in [0.29, 0.717) is 17.4 Å². The van der Waals surface area contributed by atoms with Crippen molar-refractivity contribution in [1.82, 2.24) is 20.0 Å². The van der Waals surface area contributed by atoms with E-state index in [1.165, 1.54) is 12.8 Å². The Morgan fingerprint density at radius 2 is 2.15 bits per heavy atom. The third-order valence-corrected chi connectivity index (χ3v) is 5.50. The Balaban J connectivity index is 1.56. The van der Waals surface area contributed by atoms with Gasteiger partial charge in [-0.2, -0.15) is 5.10 Å². The van der Waals surface area contributed by atoms with Crippen LogP contribution < -0.4 is 5.73 Å². The molecule has 2 atom stereocenters. The molecule has 5 rings (SSSR count). The van der Waals surface area contributed by atoms with E-state index in [1.54, 1.807) is 6.20 Å².